The van der Waals surface area contributed by atoms with Gasteiger partial charge in [-0.2, -0.15) is 0 Å². The third kappa shape index (κ3) is 7.23. The standard InChI is InChI=1S/C22H31N7OS/c1-15-6-5-7-19(18(15)4)26-22(31)28-20(23-8-9-29-10-12-30-13-11-29)27-21-24-16(2)14-17(3)25-21/h5-7,14H,8-13H2,1-4H3,(H3,23,24,25,26,27,28,31). The van der Waals surface area contributed by atoms with Gasteiger partial charge in [0.25, 0.3) is 0 Å². The molecule has 1 aliphatic heterocycles. The third-order valence-electron chi connectivity index (χ3n) is 5.09. The fourth-order valence-corrected chi connectivity index (χ4v) is 3.48. The molecule has 8 nitrogen and oxygen atoms in total. The van der Waals surface area contributed by atoms with Crippen LogP contribution in [0.1, 0.15) is 22.5 Å². The molecule has 2 aromatic rings. The van der Waals surface area contributed by atoms with E-state index in [-0.39, 0.29) is 0 Å². The van der Waals surface area contributed by atoms with E-state index in [0.717, 1.165) is 55.5 Å². The van der Waals surface area contributed by atoms with Crippen LogP contribution in [0.4, 0.5) is 11.6 Å². The molecule has 0 spiro atoms. The number of aryl methyl sites for hydroxylation is 3. The van der Waals surface area contributed by atoms with Gasteiger partial charge in [-0.1, -0.05) is 12.1 Å². The molecule has 3 rings (SSSR count). The number of thiocarbonyl (C=S) groups is 1. The second-order valence-corrected chi connectivity index (χ2v) is 8.02. The summed E-state index contributed by atoms with van der Waals surface area (Å²) in [5.74, 6) is 1.01. The maximum atomic E-state index is 5.55. The highest BCUT2D eigenvalue weighted by Crippen LogP contribution is 2.17. The highest BCUT2D eigenvalue weighted by Gasteiger charge is 2.11. The van der Waals surface area contributed by atoms with Gasteiger partial charge in [0, 0.05) is 36.7 Å². The molecule has 1 fully saturated rings. The minimum atomic E-state index is 0.454. The lowest BCUT2D eigenvalue weighted by molar-refractivity contribution is 0.0394. The van der Waals surface area contributed by atoms with E-state index >= 15 is 0 Å². The molecule has 31 heavy (non-hydrogen) atoms. The summed E-state index contributed by atoms with van der Waals surface area (Å²) in [6, 6.07) is 8.02. The summed E-state index contributed by atoms with van der Waals surface area (Å²) in [5, 5.41) is 10.1. The Balaban J connectivity index is 1.69. The Labute approximate surface area is 189 Å². The van der Waals surface area contributed by atoms with Crippen LogP contribution in [0.3, 0.4) is 0 Å². The molecule has 1 aromatic carbocycles. The number of anilines is 2. The summed E-state index contributed by atoms with van der Waals surface area (Å²) >= 11 is 5.55. The van der Waals surface area contributed by atoms with Gasteiger partial charge in [-0.15, -0.1) is 0 Å². The summed E-state index contributed by atoms with van der Waals surface area (Å²) in [7, 11) is 0. The lowest BCUT2D eigenvalue weighted by atomic mass is 10.1. The number of guanidine groups is 1. The van der Waals surface area contributed by atoms with E-state index in [0.29, 0.717) is 23.6 Å². The first-order chi connectivity index (χ1) is 14.9. The lowest BCUT2D eigenvalue weighted by Gasteiger charge is -2.25. The Bertz CT molecular complexity index is 921. The van der Waals surface area contributed by atoms with Gasteiger partial charge >= 0.3 is 0 Å². The Morgan fingerprint density at radius 3 is 2.52 bits per heavy atom. The van der Waals surface area contributed by atoms with E-state index < -0.39 is 0 Å². The van der Waals surface area contributed by atoms with Crippen LogP contribution >= 0.6 is 12.2 Å². The molecule has 1 aliphatic rings. The molecule has 0 amide bonds. The Kier molecular flexibility index (Phi) is 8.27. The molecule has 1 saturated heterocycles. The number of hydrogen-bond donors (Lipinski definition) is 3. The van der Waals surface area contributed by atoms with Crippen LogP contribution in [0.25, 0.3) is 0 Å². The molecular weight excluding hydrogens is 410 g/mol. The van der Waals surface area contributed by atoms with Crippen LogP contribution in [-0.2, 0) is 4.74 Å². The third-order valence-corrected chi connectivity index (χ3v) is 5.29. The fourth-order valence-electron chi connectivity index (χ4n) is 3.27. The minimum absolute atomic E-state index is 0.454. The van der Waals surface area contributed by atoms with Crippen molar-refractivity contribution in [2.45, 2.75) is 27.7 Å². The quantitative estimate of drug-likeness (QED) is 0.371. The molecule has 0 aliphatic carbocycles. The predicted octanol–water partition coefficient (Wildman–Crippen LogP) is 2.80. The molecule has 166 valence electrons. The maximum absolute atomic E-state index is 5.55. The molecule has 0 unspecified atom stereocenters. The van der Waals surface area contributed by atoms with Gasteiger partial charge in [-0.05, 0) is 63.2 Å². The summed E-state index contributed by atoms with van der Waals surface area (Å²) in [6.07, 6.45) is 0. The van der Waals surface area contributed by atoms with Gasteiger partial charge < -0.3 is 15.4 Å². The smallest absolute Gasteiger partial charge is 0.229 e. The van der Waals surface area contributed by atoms with Crippen molar-refractivity contribution in [3.63, 3.8) is 0 Å². The van der Waals surface area contributed by atoms with Crippen molar-refractivity contribution in [2.75, 3.05) is 50.0 Å². The summed E-state index contributed by atoms with van der Waals surface area (Å²) in [4.78, 5) is 15.9. The van der Waals surface area contributed by atoms with E-state index in [1.165, 1.54) is 5.56 Å². The maximum Gasteiger partial charge on any atom is 0.229 e. The fraction of sp³-hybridized carbons (Fsp3) is 0.455. The van der Waals surface area contributed by atoms with Crippen LogP contribution in [0.2, 0.25) is 0 Å². The van der Waals surface area contributed by atoms with Crippen LogP contribution < -0.4 is 16.0 Å². The average Bonchev–Trinajstić information content (AvgIpc) is 2.71. The number of benzene rings is 1. The molecule has 0 saturated carbocycles. The molecule has 9 heteroatoms. The Morgan fingerprint density at radius 1 is 1.10 bits per heavy atom. The number of aromatic nitrogens is 2. The topological polar surface area (TPSA) is 86.7 Å². The molecule has 0 bridgehead atoms. The predicted molar refractivity (Wildman–Crippen MR) is 130 cm³/mol. The van der Waals surface area contributed by atoms with E-state index in [9.17, 15) is 0 Å². The molecule has 0 radical (unpaired) electrons. The zero-order chi connectivity index (χ0) is 22.2. The van der Waals surface area contributed by atoms with Crippen molar-refractivity contribution in [1.82, 2.24) is 20.2 Å². The number of hydrogen-bond acceptors (Lipinski definition) is 6. The van der Waals surface area contributed by atoms with Gasteiger partial charge in [0.2, 0.25) is 11.9 Å². The minimum Gasteiger partial charge on any atom is -0.379 e. The first kappa shape index (κ1) is 23.1. The van der Waals surface area contributed by atoms with Crippen molar-refractivity contribution in [3.05, 3.63) is 46.8 Å². The first-order valence-corrected chi connectivity index (χ1v) is 10.9. The number of rotatable bonds is 5. The van der Waals surface area contributed by atoms with E-state index in [1.807, 2.05) is 32.0 Å². The van der Waals surface area contributed by atoms with Gasteiger partial charge in [-0.3, -0.25) is 15.2 Å². The number of nitrogens with zero attached hydrogens (tertiary/aromatic N) is 4. The largest absolute Gasteiger partial charge is 0.379 e. The molecule has 2 heterocycles. The van der Waals surface area contributed by atoms with Crippen LogP contribution in [0.5, 0.6) is 0 Å². The SMILES string of the molecule is Cc1cc(C)nc(NC(=NCCN2CCOCC2)NC(=S)Nc2cccc(C)c2C)n1. The van der Waals surface area contributed by atoms with Crippen molar-refractivity contribution in [3.8, 4) is 0 Å². The van der Waals surface area contributed by atoms with Crippen molar-refractivity contribution in [1.29, 1.82) is 0 Å². The average molecular weight is 442 g/mol. The second kappa shape index (κ2) is 11.1. The zero-order valence-corrected chi connectivity index (χ0v) is 19.5. The van der Waals surface area contributed by atoms with E-state index in [1.54, 1.807) is 0 Å². The Morgan fingerprint density at radius 2 is 1.81 bits per heavy atom. The first-order valence-electron chi connectivity index (χ1n) is 10.5. The molecule has 0 atom stereocenters. The van der Waals surface area contributed by atoms with Crippen LogP contribution in [0, 0.1) is 27.7 Å². The normalized spacial score (nSPS) is 14.9. The van der Waals surface area contributed by atoms with E-state index in [2.05, 4.69) is 50.7 Å². The van der Waals surface area contributed by atoms with Crippen molar-refractivity contribution >= 4 is 34.9 Å². The highest BCUT2D eigenvalue weighted by molar-refractivity contribution is 7.80. The second-order valence-electron chi connectivity index (χ2n) is 7.61. The van der Waals surface area contributed by atoms with Gasteiger partial charge in [0.1, 0.15) is 0 Å². The molecule has 3 N–H and O–H groups in total. The highest BCUT2D eigenvalue weighted by atomic mass is 32.1. The lowest BCUT2D eigenvalue weighted by Crippen LogP contribution is -2.41. The number of morpholine rings is 1. The van der Waals surface area contributed by atoms with Crippen molar-refractivity contribution < 1.29 is 4.74 Å². The summed E-state index contributed by atoms with van der Waals surface area (Å²) in [5.41, 5.74) is 5.10. The summed E-state index contributed by atoms with van der Waals surface area (Å²) in [6.45, 7) is 12.9. The molecular formula is C22H31N7OS. The van der Waals surface area contributed by atoms with Gasteiger partial charge in [-0.25, -0.2) is 9.97 Å². The summed E-state index contributed by atoms with van der Waals surface area (Å²) < 4.78 is 5.41. The number of ether oxygens (including phenoxy) is 1. The van der Waals surface area contributed by atoms with Gasteiger partial charge in [0.15, 0.2) is 5.11 Å². The van der Waals surface area contributed by atoms with Crippen LogP contribution in [-0.4, -0.2) is 65.3 Å². The van der Waals surface area contributed by atoms with E-state index in [4.69, 9.17) is 21.9 Å². The number of aliphatic imine (C=N–C) groups is 1. The number of nitrogens with one attached hydrogen (secondary N) is 3. The van der Waals surface area contributed by atoms with Gasteiger partial charge in [0.05, 0.1) is 19.8 Å². The van der Waals surface area contributed by atoms with Crippen LogP contribution in [0.15, 0.2) is 29.3 Å². The zero-order valence-electron chi connectivity index (χ0n) is 18.7. The van der Waals surface area contributed by atoms with Crippen molar-refractivity contribution in [2.24, 2.45) is 4.99 Å². The molecule has 1 aromatic heterocycles. The monoisotopic (exact) mass is 441 g/mol. The Hall–Kier alpha value is -2.62.